The highest BCUT2D eigenvalue weighted by atomic mass is 19.1. The zero-order chi connectivity index (χ0) is 21.6. The van der Waals surface area contributed by atoms with Crippen LogP contribution in [0.15, 0.2) is 48.7 Å². The third-order valence-corrected chi connectivity index (χ3v) is 6.27. The van der Waals surface area contributed by atoms with Crippen LogP contribution >= 0.6 is 0 Å². The van der Waals surface area contributed by atoms with E-state index in [2.05, 4.69) is 9.88 Å². The summed E-state index contributed by atoms with van der Waals surface area (Å²) in [6.07, 6.45) is 5.09. The predicted molar refractivity (Wildman–Crippen MR) is 117 cm³/mol. The Balaban J connectivity index is 1.23. The summed E-state index contributed by atoms with van der Waals surface area (Å²) in [5.74, 6) is 1.09. The van der Waals surface area contributed by atoms with E-state index in [0.29, 0.717) is 24.4 Å². The van der Waals surface area contributed by atoms with Crippen LogP contribution in [0, 0.1) is 11.7 Å². The van der Waals surface area contributed by atoms with Gasteiger partial charge in [0.05, 0.1) is 0 Å². The number of nitrogens with zero attached hydrogens (tertiary/aromatic N) is 4. The van der Waals surface area contributed by atoms with Gasteiger partial charge in [0.1, 0.15) is 11.6 Å². The molecular formula is C24H29FN4O2. The van der Waals surface area contributed by atoms with Gasteiger partial charge in [-0.1, -0.05) is 6.07 Å². The fraction of sp³-hybridized carbons (Fsp3) is 0.458. The molecule has 2 fully saturated rings. The molecule has 1 aromatic heterocycles. The maximum Gasteiger partial charge on any atom is 0.253 e. The van der Waals surface area contributed by atoms with Gasteiger partial charge in [0.2, 0.25) is 5.91 Å². The summed E-state index contributed by atoms with van der Waals surface area (Å²) < 4.78 is 13.1. The number of hydrogen-bond acceptors (Lipinski definition) is 4. The molecule has 1 atom stereocenters. The van der Waals surface area contributed by atoms with E-state index in [1.165, 1.54) is 24.3 Å². The minimum absolute atomic E-state index is 0.0540. The Kier molecular flexibility index (Phi) is 6.79. The minimum Gasteiger partial charge on any atom is -0.353 e. The summed E-state index contributed by atoms with van der Waals surface area (Å²) in [4.78, 5) is 35.8. The number of halogens is 1. The van der Waals surface area contributed by atoms with Gasteiger partial charge in [0.25, 0.3) is 5.91 Å². The van der Waals surface area contributed by atoms with Crippen molar-refractivity contribution in [3.63, 3.8) is 0 Å². The van der Waals surface area contributed by atoms with E-state index in [0.717, 1.165) is 57.8 Å². The SMILES string of the molecule is O=C(CC[C@@H]1CCCN(C(=O)c2ccc(F)cc2)C1)N1CCN(c2ccccn2)CC1. The fourth-order valence-corrected chi connectivity index (χ4v) is 4.47. The summed E-state index contributed by atoms with van der Waals surface area (Å²) in [5, 5.41) is 0. The van der Waals surface area contributed by atoms with Crippen molar-refractivity contribution in [1.82, 2.24) is 14.8 Å². The number of carbonyl (C=O) groups is 2. The van der Waals surface area contributed by atoms with Crippen LogP contribution in [0.1, 0.15) is 36.0 Å². The van der Waals surface area contributed by atoms with Crippen LogP contribution in [0.2, 0.25) is 0 Å². The first-order valence-corrected chi connectivity index (χ1v) is 11.1. The molecule has 164 valence electrons. The van der Waals surface area contributed by atoms with Crippen molar-refractivity contribution in [2.24, 2.45) is 5.92 Å². The van der Waals surface area contributed by atoms with Crippen molar-refractivity contribution in [1.29, 1.82) is 0 Å². The first kappa shape index (κ1) is 21.3. The Morgan fingerprint density at radius 3 is 2.45 bits per heavy atom. The van der Waals surface area contributed by atoms with Gasteiger partial charge in [-0.05, 0) is 61.6 Å². The number of likely N-dealkylation sites (tertiary alicyclic amines) is 1. The van der Waals surface area contributed by atoms with E-state index in [1.54, 1.807) is 6.20 Å². The number of pyridine rings is 1. The van der Waals surface area contributed by atoms with Gasteiger partial charge in [0, 0.05) is 57.4 Å². The van der Waals surface area contributed by atoms with Gasteiger partial charge >= 0.3 is 0 Å². The molecule has 0 N–H and O–H groups in total. The molecular weight excluding hydrogens is 395 g/mol. The molecule has 0 aliphatic carbocycles. The zero-order valence-corrected chi connectivity index (χ0v) is 17.8. The monoisotopic (exact) mass is 424 g/mol. The number of piperidine rings is 1. The minimum atomic E-state index is -0.340. The molecule has 0 bridgehead atoms. The molecule has 0 saturated carbocycles. The number of hydrogen-bond donors (Lipinski definition) is 0. The number of piperazine rings is 1. The molecule has 3 heterocycles. The first-order chi connectivity index (χ1) is 15.1. The Labute approximate surface area is 182 Å². The van der Waals surface area contributed by atoms with Crippen molar-refractivity contribution in [3.05, 3.63) is 60.0 Å². The number of aromatic nitrogens is 1. The van der Waals surface area contributed by atoms with Gasteiger partial charge in [-0.2, -0.15) is 0 Å². The van der Waals surface area contributed by atoms with E-state index in [4.69, 9.17) is 0 Å². The maximum atomic E-state index is 13.1. The van der Waals surface area contributed by atoms with Gasteiger partial charge in [-0.25, -0.2) is 9.37 Å². The highest BCUT2D eigenvalue weighted by Gasteiger charge is 2.27. The Morgan fingerprint density at radius 1 is 0.968 bits per heavy atom. The van der Waals surface area contributed by atoms with Crippen molar-refractivity contribution in [3.8, 4) is 0 Å². The largest absolute Gasteiger partial charge is 0.353 e. The molecule has 1 aromatic carbocycles. The van der Waals surface area contributed by atoms with E-state index in [-0.39, 0.29) is 17.6 Å². The van der Waals surface area contributed by atoms with Crippen LogP contribution in [0.25, 0.3) is 0 Å². The summed E-state index contributed by atoms with van der Waals surface area (Å²) in [6, 6.07) is 11.6. The van der Waals surface area contributed by atoms with E-state index < -0.39 is 0 Å². The molecule has 2 aromatic rings. The van der Waals surface area contributed by atoms with Gasteiger partial charge in [-0.3, -0.25) is 9.59 Å². The lowest BCUT2D eigenvalue weighted by Crippen LogP contribution is -2.49. The lowest BCUT2D eigenvalue weighted by molar-refractivity contribution is -0.131. The molecule has 0 unspecified atom stereocenters. The van der Waals surface area contributed by atoms with E-state index in [9.17, 15) is 14.0 Å². The smallest absolute Gasteiger partial charge is 0.253 e. The second-order valence-electron chi connectivity index (χ2n) is 8.36. The molecule has 0 spiro atoms. The van der Waals surface area contributed by atoms with Crippen LogP contribution in [0.4, 0.5) is 10.2 Å². The van der Waals surface area contributed by atoms with Crippen LogP contribution in [-0.4, -0.2) is 65.9 Å². The number of amides is 2. The summed E-state index contributed by atoms with van der Waals surface area (Å²) in [6.45, 7) is 4.41. The van der Waals surface area contributed by atoms with Gasteiger partial charge in [-0.15, -0.1) is 0 Å². The second kappa shape index (κ2) is 9.90. The third kappa shape index (κ3) is 5.40. The maximum absolute atomic E-state index is 13.1. The van der Waals surface area contributed by atoms with Crippen LogP contribution < -0.4 is 4.90 Å². The summed E-state index contributed by atoms with van der Waals surface area (Å²) in [7, 11) is 0. The highest BCUT2D eigenvalue weighted by molar-refractivity contribution is 5.94. The van der Waals surface area contributed by atoms with Crippen LogP contribution in [-0.2, 0) is 4.79 Å². The molecule has 2 saturated heterocycles. The third-order valence-electron chi connectivity index (χ3n) is 6.27. The molecule has 2 aliphatic rings. The van der Waals surface area contributed by atoms with Crippen LogP contribution in [0.3, 0.4) is 0 Å². The Bertz CT molecular complexity index is 882. The van der Waals surface area contributed by atoms with E-state index in [1.807, 2.05) is 28.0 Å². The lowest BCUT2D eigenvalue weighted by atomic mass is 9.92. The molecule has 2 aliphatic heterocycles. The van der Waals surface area contributed by atoms with Gasteiger partial charge < -0.3 is 14.7 Å². The second-order valence-corrected chi connectivity index (χ2v) is 8.36. The lowest BCUT2D eigenvalue weighted by Gasteiger charge is -2.36. The standard InChI is InChI=1S/C24H29FN4O2/c25-21-9-7-20(8-10-21)24(31)29-13-3-4-19(18-29)6-11-23(30)28-16-14-27(15-17-28)22-5-1-2-12-26-22/h1-2,5,7-10,12,19H,3-4,6,11,13-18H2/t19-/m0/s1. The average Bonchev–Trinajstić information content (AvgIpc) is 2.83. The molecule has 0 radical (unpaired) electrons. The molecule has 7 heteroatoms. The molecule has 31 heavy (non-hydrogen) atoms. The fourth-order valence-electron chi connectivity index (χ4n) is 4.47. The quantitative estimate of drug-likeness (QED) is 0.740. The molecule has 2 amide bonds. The van der Waals surface area contributed by atoms with E-state index >= 15 is 0 Å². The molecule has 4 rings (SSSR count). The normalized spacial score (nSPS) is 19.4. The number of carbonyl (C=O) groups excluding carboxylic acids is 2. The Morgan fingerprint density at radius 2 is 1.74 bits per heavy atom. The van der Waals surface area contributed by atoms with Crippen molar-refractivity contribution < 1.29 is 14.0 Å². The first-order valence-electron chi connectivity index (χ1n) is 11.1. The van der Waals surface area contributed by atoms with Crippen LogP contribution in [0.5, 0.6) is 0 Å². The topological polar surface area (TPSA) is 56.8 Å². The number of benzene rings is 1. The number of anilines is 1. The molecule has 6 nitrogen and oxygen atoms in total. The highest BCUT2D eigenvalue weighted by Crippen LogP contribution is 2.23. The number of rotatable bonds is 5. The van der Waals surface area contributed by atoms with Crippen molar-refractivity contribution in [2.75, 3.05) is 44.2 Å². The average molecular weight is 425 g/mol. The summed E-state index contributed by atoms with van der Waals surface area (Å²) >= 11 is 0. The van der Waals surface area contributed by atoms with Gasteiger partial charge in [0.15, 0.2) is 0 Å². The zero-order valence-electron chi connectivity index (χ0n) is 17.8. The Hall–Kier alpha value is -2.96. The van der Waals surface area contributed by atoms with Crippen molar-refractivity contribution >= 4 is 17.6 Å². The summed E-state index contributed by atoms with van der Waals surface area (Å²) in [5.41, 5.74) is 0.518. The van der Waals surface area contributed by atoms with Crippen molar-refractivity contribution in [2.45, 2.75) is 25.7 Å². The predicted octanol–water partition coefficient (Wildman–Crippen LogP) is 3.20.